The van der Waals surface area contributed by atoms with Crippen LogP contribution in [-0.4, -0.2) is 39.9 Å². The molecule has 80 heavy (non-hydrogen) atoms. The molecule has 0 aliphatic heterocycles. The summed E-state index contributed by atoms with van der Waals surface area (Å²) in [6, 6.07) is 63.3. The Bertz CT molecular complexity index is 3190. The topological polar surface area (TPSA) is 103 Å². The Balaban J connectivity index is 0.000000244. The molecular weight excluding hydrogens is 1180 g/mol. The van der Waals surface area contributed by atoms with E-state index in [1.807, 2.05) is 72.9 Å². The van der Waals surface area contributed by atoms with Crippen LogP contribution in [0.15, 0.2) is 188 Å². The SMILES string of the molecule is CC(C)(C)c1ccc(-c2nc(-c3ccc(C(C)(C)C)cc3)nc(-c3ccnc(-c4[c-]cccc4)c3)n2)cc1.CC(C)(C)c1ccc(-c2nc(-c3ccc(C(C)(C)C)cc3)nc(-c3ccnc(-c4ccccc4)c3)n2)cc1.[CH2-][ClH+].[CH3+].[Ir]. The van der Waals surface area contributed by atoms with E-state index in [9.17, 15) is 0 Å². The van der Waals surface area contributed by atoms with Gasteiger partial charge in [0.05, 0.1) is 5.69 Å². The van der Waals surface area contributed by atoms with E-state index in [0.717, 1.165) is 55.9 Å². The zero-order valence-electron chi connectivity index (χ0n) is 48.4. The van der Waals surface area contributed by atoms with Crippen molar-refractivity contribution < 1.29 is 31.7 Å². The van der Waals surface area contributed by atoms with Crippen molar-refractivity contribution in [2.24, 2.45) is 0 Å². The number of nitrogens with zero attached hydrogens (tertiary/aromatic N) is 8. The van der Waals surface area contributed by atoms with Crippen LogP contribution in [0.5, 0.6) is 0 Å². The first kappa shape index (κ1) is 61.7. The van der Waals surface area contributed by atoms with Gasteiger partial charge in [0.25, 0.3) is 0 Å². The van der Waals surface area contributed by atoms with Gasteiger partial charge >= 0.3 is 0 Å². The molecule has 10 heteroatoms. The van der Waals surface area contributed by atoms with Gasteiger partial charge in [-0.05, 0) is 67.8 Å². The minimum absolute atomic E-state index is 0. The number of pyridine rings is 2. The average molecular weight is 1250 g/mol. The Morgan fingerprint density at radius 2 is 0.613 bits per heavy atom. The third kappa shape index (κ3) is 15.4. The summed E-state index contributed by atoms with van der Waals surface area (Å²) in [6.45, 7) is 26.6. The fraction of sp³-hybridized carbons (Fsp3) is 0.229. The van der Waals surface area contributed by atoms with E-state index in [4.69, 9.17) is 29.9 Å². The third-order valence-electron chi connectivity index (χ3n) is 13.4. The summed E-state index contributed by atoms with van der Waals surface area (Å²) in [7, 11) is 0. The zero-order chi connectivity index (χ0) is 55.8. The summed E-state index contributed by atoms with van der Waals surface area (Å²) < 4.78 is 0. The Morgan fingerprint density at radius 1 is 0.325 bits per heavy atom. The van der Waals surface area contributed by atoms with Crippen LogP contribution in [0.25, 0.3) is 90.8 Å². The van der Waals surface area contributed by atoms with Gasteiger partial charge in [0.15, 0.2) is 34.9 Å². The van der Waals surface area contributed by atoms with E-state index in [1.165, 1.54) is 22.3 Å². The van der Waals surface area contributed by atoms with Gasteiger partial charge in [0.1, 0.15) is 0 Å². The molecule has 0 aliphatic rings. The monoisotopic (exact) mass is 1250 g/mol. The molecule has 0 atom stereocenters. The standard InChI is InChI=1S/C34H34N4.C34H33N4.CH3Cl.CH3.Ir/c2*1-33(2,3)27-16-12-24(13-17-27)30-36-31(25-14-18-28(19-15-25)34(4,5)6)38-32(37-30)26-20-21-35-29(22-26)23-10-8-7-9-11-23;1-2;;/h7-22H,1-6H3;7-10,12-22H,1-6H3;2H,1H2;1H3;/q;-1;;+1;. The summed E-state index contributed by atoms with van der Waals surface area (Å²) >= 11 is 3.83. The number of hydrogen-bond acceptors (Lipinski definition) is 8. The summed E-state index contributed by atoms with van der Waals surface area (Å²) in [4.78, 5) is 38.7. The number of halogens is 1. The number of hydrogen-bond donors (Lipinski definition) is 0. The normalized spacial score (nSPS) is 11.4. The van der Waals surface area contributed by atoms with Gasteiger partial charge < -0.3 is 4.98 Å². The van der Waals surface area contributed by atoms with E-state index in [0.29, 0.717) is 34.9 Å². The first-order valence-electron chi connectivity index (χ1n) is 26.4. The number of benzene rings is 6. The largest absolute Gasteiger partial charge is 0.305 e. The van der Waals surface area contributed by atoms with Gasteiger partial charge in [-0.15, -0.1) is 35.9 Å². The smallest absolute Gasteiger partial charge is 0.164 e. The molecule has 0 N–H and O–H groups in total. The average Bonchev–Trinajstić information content (AvgIpc) is 3.45. The first-order valence-corrected chi connectivity index (χ1v) is 26.9. The van der Waals surface area contributed by atoms with E-state index in [2.05, 4.69) is 226 Å². The van der Waals surface area contributed by atoms with Crippen molar-refractivity contribution in [3.63, 3.8) is 0 Å². The van der Waals surface area contributed by atoms with Crippen molar-refractivity contribution >= 4 is 0 Å². The Labute approximate surface area is 494 Å². The van der Waals surface area contributed by atoms with Crippen LogP contribution in [0.1, 0.15) is 105 Å². The predicted octanol–water partition coefficient (Wildman–Crippen LogP) is 17.4. The van der Waals surface area contributed by atoms with Crippen molar-refractivity contribution in [3.8, 4) is 90.8 Å². The molecule has 0 saturated carbocycles. The summed E-state index contributed by atoms with van der Waals surface area (Å²) in [6.07, 6.45) is 6.45. The molecular formula is C70H73ClIrN8. The summed E-state index contributed by atoms with van der Waals surface area (Å²) in [5.74, 6) is 3.85. The second-order valence-electron chi connectivity index (χ2n) is 23.4. The van der Waals surface area contributed by atoms with Crippen molar-refractivity contribution in [3.05, 3.63) is 230 Å². The zero-order valence-corrected chi connectivity index (χ0v) is 51.6. The second kappa shape index (κ2) is 26.2. The van der Waals surface area contributed by atoms with Gasteiger partial charge in [-0.25, -0.2) is 29.9 Å². The van der Waals surface area contributed by atoms with Crippen LogP contribution in [0.2, 0.25) is 0 Å². The van der Waals surface area contributed by atoms with E-state index in [-0.39, 0.29) is 49.2 Å². The summed E-state index contributed by atoms with van der Waals surface area (Å²) in [5, 5.41) is 0. The first-order chi connectivity index (χ1) is 37.2. The Kier molecular flexibility index (Phi) is 20.2. The maximum absolute atomic E-state index is 4.93. The van der Waals surface area contributed by atoms with Crippen molar-refractivity contribution in [1.82, 2.24) is 39.9 Å². The Hall–Kier alpha value is -7.55. The van der Waals surface area contributed by atoms with Gasteiger partial charge in [-0.3, -0.25) is 4.98 Å². The molecule has 0 saturated heterocycles. The molecule has 0 fully saturated rings. The number of rotatable bonds is 8. The Morgan fingerprint density at radius 3 is 0.912 bits per heavy atom. The molecule has 0 bridgehead atoms. The van der Waals surface area contributed by atoms with Crippen molar-refractivity contribution in [1.29, 1.82) is 0 Å². The van der Waals surface area contributed by atoms with Crippen molar-refractivity contribution in [2.75, 3.05) is 0 Å². The van der Waals surface area contributed by atoms with Gasteiger partial charge in [0.2, 0.25) is 0 Å². The van der Waals surface area contributed by atoms with Gasteiger partial charge in [-0.1, -0.05) is 235 Å². The van der Waals surface area contributed by atoms with Crippen LogP contribution < -0.4 is 0 Å². The quantitative estimate of drug-likeness (QED) is 0.139. The molecule has 409 valence electrons. The van der Waals surface area contributed by atoms with E-state index >= 15 is 0 Å². The molecule has 0 unspecified atom stereocenters. The molecule has 0 aliphatic carbocycles. The number of aromatic nitrogens is 8. The molecule has 0 amide bonds. The molecule has 4 heterocycles. The van der Waals surface area contributed by atoms with Crippen LogP contribution >= 0.6 is 0 Å². The molecule has 10 rings (SSSR count). The van der Waals surface area contributed by atoms with Crippen LogP contribution in [-0.2, 0) is 41.8 Å². The summed E-state index contributed by atoms with van der Waals surface area (Å²) in [5.41, 5.74) is 14.7. The fourth-order valence-corrected chi connectivity index (χ4v) is 8.61. The van der Waals surface area contributed by atoms with Gasteiger partial charge in [0, 0.05) is 78.9 Å². The maximum atomic E-state index is 4.93. The fourth-order valence-electron chi connectivity index (χ4n) is 8.61. The predicted molar refractivity (Wildman–Crippen MR) is 326 cm³/mol. The minimum Gasteiger partial charge on any atom is -0.305 e. The molecule has 1 radical (unpaired) electrons. The van der Waals surface area contributed by atoms with E-state index in [1.54, 1.807) is 6.20 Å². The van der Waals surface area contributed by atoms with Crippen LogP contribution in [0.4, 0.5) is 0 Å². The third-order valence-corrected chi connectivity index (χ3v) is 13.4. The van der Waals surface area contributed by atoms with Gasteiger partial charge in [-0.2, -0.15) is 0 Å². The maximum Gasteiger partial charge on any atom is 0.164 e. The van der Waals surface area contributed by atoms with E-state index < -0.39 is 0 Å². The second-order valence-corrected chi connectivity index (χ2v) is 23.4. The minimum atomic E-state index is 0. The molecule has 8 nitrogen and oxygen atoms in total. The molecule has 10 aromatic rings. The van der Waals surface area contributed by atoms with Crippen LogP contribution in [0.3, 0.4) is 0 Å². The van der Waals surface area contributed by atoms with Crippen LogP contribution in [0, 0.1) is 31.5 Å². The molecule has 6 aromatic carbocycles. The van der Waals surface area contributed by atoms with Crippen molar-refractivity contribution in [2.45, 2.75) is 105 Å². The molecule has 4 aromatic heterocycles. The molecule has 0 spiro atoms.